The van der Waals surface area contributed by atoms with Crippen LogP contribution in [0.1, 0.15) is 11.4 Å². The Morgan fingerprint density at radius 1 is 1.04 bits per heavy atom. The number of carbonyl (C=O) groups is 2. The number of nitrogens with two attached hydrogens (primary N) is 1. The predicted molar refractivity (Wildman–Crippen MR) is 101 cm³/mol. The van der Waals surface area contributed by atoms with E-state index < -0.39 is 11.9 Å². The molecule has 8 heteroatoms. The molecule has 0 saturated carbocycles. The molecule has 0 saturated heterocycles. The fourth-order valence-electron chi connectivity index (χ4n) is 2.81. The van der Waals surface area contributed by atoms with Crippen molar-refractivity contribution in [2.75, 3.05) is 6.54 Å². The van der Waals surface area contributed by atoms with Crippen LogP contribution in [0, 0.1) is 0 Å². The van der Waals surface area contributed by atoms with E-state index in [9.17, 15) is 14.4 Å². The summed E-state index contributed by atoms with van der Waals surface area (Å²) in [7, 11) is 0. The van der Waals surface area contributed by atoms with Gasteiger partial charge in [-0.25, -0.2) is 9.78 Å². The molecular weight excluding hydrogens is 346 g/mol. The Labute approximate surface area is 155 Å². The average molecular weight is 365 g/mol. The van der Waals surface area contributed by atoms with E-state index in [-0.39, 0.29) is 18.6 Å². The van der Waals surface area contributed by atoms with Gasteiger partial charge in [0.05, 0.1) is 24.0 Å². The van der Waals surface area contributed by atoms with Gasteiger partial charge in [-0.3, -0.25) is 19.8 Å². The highest BCUT2D eigenvalue weighted by Crippen LogP contribution is 2.10. The Kier molecular flexibility index (Phi) is 5.58. The molecule has 2 aromatic carbocycles. The molecule has 1 aromatic heterocycles. The van der Waals surface area contributed by atoms with Gasteiger partial charge in [-0.15, -0.1) is 0 Å². The molecule has 0 fully saturated rings. The quantitative estimate of drug-likeness (QED) is 0.604. The first-order valence-electron chi connectivity index (χ1n) is 8.35. The largest absolute Gasteiger partial charge is 0.351 e. The van der Waals surface area contributed by atoms with Crippen LogP contribution in [-0.2, 0) is 17.9 Å². The number of benzene rings is 2. The first kappa shape index (κ1) is 18.3. The number of para-hydroxylation sites is 1. The molecule has 0 aliphatic heterocycles. The van der Waals surface area contributed by atoms with Crippen LogP contribution in [0.2, 0.25) is 0 Å². The van der Waals surface area contributed by atoms with Crippen molar-refractivity contribution in [3.63, 3.8) is 0 Å². The van der Waals surface area contributed by atoms with Crippen molar-refractivity contribution in [2.45, 2.75) is 13.1 Å². The summed E-state index contributed by atoms with van der Waals surface area (Å²) in [6.07, 6.45) is 0. The number of aromatic nitrogens is 2. The summed E-state index contributed by atoms with van der Waals surface area (Å²) in [4.78, 5) is 44.1. The number of carbonyl (C=O) groups excluding carboxylic acids is 2. The Hall–Kier alpha value is -3.52. The van der Waals surface area contributed by atoms with Gasteiger partial charge in [-0.2, -0.15) is 0 Å². The number of primary amides is 1. The van der Waals surface area contributed by atoms with Crippen molar-refractivity contribution in [3.05, 3.63) is 76.3 Å². The van der Waals surface area contributed by atoms with Gasteiger partial charge >= 0.3 is 6.03 Å². The van der Waals surface area contributed by atoms with Crippen LogP contribution in [0.15, 0.2) is 59.4 Å². The SMILES string of the molecule is NC(=O)NC(=O)CN(Cc1ccccc1)Cc1nc2ccccc2c(=O)[nH]1. The zero-order valence-electron chi connectivity index (χ0n) is 14.5. The van der Waals surface area contributed by atoms with Crippen molar-refractivity contribution in [1.29, 1.82) is 0 Å². The molecule has 3 rings (SSSR count). The number of nitrogens with zero attached hydrogens (tertiary/aromatic N) is 2. The minimum absolute atomic E-state index is 0.0750. The van der Waals surface area contributed by atoms with Gasteiger partial charge in [0.15, 0.2) is 0 Å². The van der Waals surface area contributed by atoms with Crippen molar-refractivity contribution < 1.29 is 9.59 Å². The second kappa shape index (κ2) is 8.24. The van der Waals surface area contributed by atoms with Crippen LogP contribution >= 0.6 is 0 Å². The van der Waals surface area contributed by atoms with E-state index in [1.807, 2.05) is 30.3 Å². The van der Waals surface area contributed by atoms with Gasteiger partial charge in [0, 0.05) is 6.54 Å². The zero-order valence-corrected chi connectivity index (χ0v) is 14.5. The molecular formula is C19H19N5O3. The Morgan fingerprint density at radius 2 is 1.74 bits per heavy atom. The number of amides is 3. The third-order valence-electron chi connectivity index (χ3n) is 3.91. The van der Waals surface area contributed by atoms with Crippen LogP contribution in [0.5, 0.6) is 0 Å². The Bertz CT molecular complexity index is 1020. The molecule has 4 N–H and O–H groups in total. The summed E-state index contributed by atoms with van der Waals surface area (Å²) in [6, 6.07) is 15.7. The van der Waals surface area contributed by atoms with Crippen LogP contribution < -0.4 is 16.6 Å². The van der Waals surface area contributed by atoms with Crippen molar-refractivity contribution in [2.24, 2.45) is 5.73 Å². The van der Waals surface area contributed by atoms with Gasteiger partial charge < -0.3 is 10.7 Å². The lowest BCUT2D eigenvalue weighted by molar-refractivity contribution is -0.121. The lowest BCUT2D eigenvalue weighted by atomic mass is 10.2. The summed E-state index contributed by atoms with van der Waals surface area (Å²) in [6.45, 7) is 0.582. The van der Waals surface area contributed by atoms with Crippen LogP contribution in [0.3, 0.4) is 0 Å². The summed E-state index contributed by atoms with van der Waals surface area (Å²) in [5.41, 5.74) is 6.33. The maximum atomic E-state index is 12.3. The first-order chi connectivity index (χ1) is 13.0. The number of hydrogen-bond donors (Lipinski definition) is 3. The standard InChI is InChI=1S/C19H19N5O3/c20-19(27)23-17(25)12-24(10-13-6-2-1-3-7-13)11-16-21-15-9-5-4-8-14(15)18(26)22-16/h1-9H,10-12H2,(H,21,22,26)(H3,20,23,25,27). The molecule has 3 aromatic rings. The van der Waals surface area contributed by atoms with E-state index in [2.05, 4.69) is 15.3 Å². The van der Waals surface area contributed by atoms with E-state index in [1.54, 1.807) is 29.2 Å². The molecule has 0 bridgehead atoms. The number of rotatable bonds is 6. The second-order valence-electron chi connectivity index (χ2n) is 6.07. The Morgan fingerprint density at radius 3 is 2.48 bits per heavy atom. The number of fused-ring (bicyclic) bond motifs is 1. The molecule has 0 atom stereocenters. The molecule has 0 aliphatic carbocycles. The molecule has 27 heavy (non-hydrogen) atoms. The third kappa shape index (κ3) is 4.99. The second-order valence-corrected chi connectivity index (χ2v) is 6.07. The number of urea groups is 1. The molecule has 138 valence electrons. The smallest absolute Gasteiger partial charge is 0.318 e. The van der Waals surface area contributed by atoms with Crippen molar-refractivity contribution >= 4 is 22.8 Å². The number of imide groups is 1. The van der Waals surface area contributed by atoms with E-state index in [4.69, 9.17) is 5.73 Å². The summed E-state index contributed by atoms with van der Waals surface area (Å²) >= 11 is 0. The molecule has 3 amide bonds. The van der Waals surface area contributed by atoms with Gasteiger partial charge in [0.25, 0.3) is 5.56 Å². The summed E-state index contributed by atoms with van der Waals surface area (Å²) in [5, 5.41) is 2.55. The van der Waals surface area contributed by atoms with Crippen LogP contribution in [-0.4, -0.2) is 33.4 Å². The lowest BCUT2D eigenvalue weighted by Gasteiger charge is -2.21. The normalized spacial score (nSPS) is 10.9. The predicted octanol–water partition coefficient (Wildman–Crippen LogP) is 1.12. The highest BCUT2D eigenvalue weighted by atomic mass is 16.2. The number of nitrogens with one attached hydrogen (secondary N) is 2. The fourth-order valence-corrected chi connectivity index (χ4v) is 2.81. The summed E-state index contributed by atoms with van der Waals surface area (Å²) < 4.78 is 0. The Balaban J connectivity index is 1.84. The average Bonchev–Trinajstić information content (AvgIpc) is 2.62. The molecule has 0 spiro atoms. The van der Waals surface area contributed by atoms with Crippen LogP contribution in [0.4, 0.5) is 4.79 Å². The lowest BCUT2D eigenvalue weighted by Crippen LogP contribution is -2.42. The summed E-state index contributed by atoms with van der Waals surface area (Å²) in [5.74, 6) is -0.0944. The first-order valence-corrected chi connectivity index (χ1v) is 8.35. The highest BCUT2D eigenvalue weighted by molar-refractivity contribution is 5.94. The van der Waals surface area contributed by atoms with E-state index in [1.165, 1.54) is 0 Å². The number of hydrogen-bond acceptors (Lipinski definition) is 5. The molecule has 1 heterocycles. The van der Waals surface area contributed by atoms with Crippen LogP contribution in [0.25, 0.3) is 10.9 Å². The van der Waals surface area contributed by atoms with Gasteiger partial charge in [-0.05, 0) is 17.7 Å². The van der Waals surface area contributed by atoms with E-state index in [0.29, 0.717) is 23.3 Å². The highest BCUT2D eigenvalue weighted by Gasteiger charge is 2.15. The van der Waals surface area contributed by atoms with E-state index >= 15 is 0 Å². The van der Waals surface area contributed by atoms with Gasteiger partial charge in [0.2, 0.25) is 5.91 Å². The van der Waals surface area contributed by atoms with Crippen molar-refractivity contribution in [1.82, 2.24) is 20.2 Å². The fraction of sp³-hybridized carbons (Fsp3) is 0.158. The molecule has 0 aliphatic rings. The maximum Gasteiger partial charge on any atom is 0.318 e. The topological polar surface area (TPSA) is 121 Å². The molecule has 8 nitrogen and oxygen atoms in total. The number of aromatic amines is 1. The van der Waals surface area contributed by atoms with Gasteiger partial charge in [0.1, 0.15) is 5.82 Å². The number of H-pyrrole nitrogens is 1. The monoisotopic (exact) mass is 365 g/mol. The minimum Gasteiger partial charge on any atom is -0.351 e. The van der Waals surface area contributed by atoms with E-state index in [0.717, 1.165) is 5.56 Å². The third-order valence-corrected chi connectivity index (χ3v) is 3.91. The minimum atomic E-state index is -0.906. The molecule has 0 unspecified atom stereocenters. The van der Waals surface area contributed by atoms with Crippen molar-refractivity contribution in [3.8, 4) is 0 Å². The maximum absolute atomic E-state index is 12.3. The molecule has 0 radical (unpaired) electrons. The zero-order chi connectivity index (χ0) is 19.2. The van der Waals surface area contributed by atoms with Gasteiger partial charge in [-0.1, -0.05) is 42.5 Å².